The summed E-state index contributed by atoms with van der Waals surface area (Å²) in [6.07, 6.45) is 0. The van der Waals surface area contributed by atoms with Crippen LogP contribution in [0.4, 0.5) is 5.69 Å². The molecule has 2 rings (SSSR count). The molecule has 0 saturated carbocycles. The predicted molar refractivity (Wildman–Crippen MR) is 82.8 cm³/mol. The van der Waals surface area contributed by atoms with Gasteiger partial charge < -0.3 is 14.8 Å². The van der Waals surface area contributed by atoms with E-state index in [0.29, 0.717) is 5.56 Å². The minimum Gasteiger partial charge on any atom is -0.497 e. The molecular formula is C17H19NO3. The number of benzene rings is 2. The highest BCUT2D eigenvalue weighted by atomic mass is 16.5. The number of carbonyl (C=O) groups excluding carboxylic acids is 1. The van der Waals surface area contributed by atoms with E-state index >= 15 is 0 Å². The standard InChI is InChI=1S/C17H19NO3/c1-12(13-7-6-8-14(11-13)20-2)18-16-10-5-4-9-15(16)17(19)21-3/h4-12,18H,1-3H3. The molecule has 0 heterocycles. The van der Waals surface area contributed by atoms with Crippen molar-refractivity contribution in [3.8, 4) is 5.75 Å². The Kier molecular flexibility index (Phi) is 4.82. The topological polar surface area (TPSA) is 47.6 Å². The van der Waals surface area contributed by atoms with E-state index in [4.69, 9.17) is 9.47 Å². The molecule has 0 fully saturated rings. The quantitative estimate of drug-likeness (QED) is 0.852. The molecule has 0 aromatic heterocycles. The van der Waals surface area contributed by atoms with Crippen LogP contribution in [0.3, 0.4) is 0 Å². The maximum absolute atomic E-state index is 11.8. The number of para-hydroxylation sites is 1. The van der Waals surface area contributed by atoms with Crippen LogP contribution in [0, 0.1) is 0 Å². The van der Waals surface area contributed by atoms with E-state index < -0.39 is 0 Å². The van der Waals surface area contributed by atoms with Crippen molar-refractivity contribution in [1.82, 2.24) is 0 Å². The molecule has 1 unspecified atom stereocenters. The zero-order valence-corrected chi connectivity index (χ0v) is 12.4. The second kappa shape index (κ2) is 6.79. The lowest BCUT2D eigenvalue weighted by Crippen LogP contribution is -2.11. The second-order valence-corrected chi connectivity index (χ2v) is 4.68. The van der Waals surface area contributed by atoms with E-state index in [1.165, 1.54) is 7.11 Å². The van der Waals surface area contributed by atoms with Gasteiger partial charge in [-0.25, -0.2) is 4.79 Å². The van der Waals surface area contributed by atoms with Crippen molar-refractivity contribution in [3.05, 3.63) is 59.7 Å². The van der Waals surface area contributed by atoms with E-state index in [1.807, 2.05) is 49.4 Å². The summed E-state index contributed by atoms with van der Waals surface area (Å²) < 4.78 is 10.0. The van der Waals surface area contributed by atoms with Gasteiger partial charge in [0.25, 0.3) is 0 Å². The van der Waals surface area contributed by atoms with Crippen LogP contribution in [0.2, 0.25) is 0 Å². The molecule has 0 bridgehead atoms. The van der Waals surface area contributed by atoms with Crippen molar-refractivity contribution < 1.29 is 14.3 Å². The minimum atomic E-state index is -0.351. The SMILES string of the molecule is COC(=O)c1ccccc1NC(C)c1cccc(OC)c1. The summed E-state index contributed by atoms with van der Waals surface area (Å²) in [5, 5.41) is 3.34. The first kappa shape index (κ1) is 14.9. The molecule has 0 aliphatic heterocycles. The lowest BCUT2D eigenvalue weighted by molar-refractivity contribution is 0.0602. The van der Waals surface area contributed by atoms with Crippen molar-refractivity contribution in [2.45, 2.75) is 13.0 Å². The van der Waals surface area contributed by atoms with Crippen LogP contribution in [0.15, 0.2) is 48.5 Å². The van der Waals surface area contributed by atoms with Gasteiger partial charge in [0, 0.05) is 11.7 Å². The van der Waals surface area contributed by atoms with Gasteiger partial charge in [0.2, 0.25) is 0 Å². The molecule has 0 aliphatic rings. The number of ether oxygens (including phenoxy) is 2. The molecule has 1 atom stereocenters. The van der Waals surface area contributed by atoms with Crippen LogP contribution in [0.1, 0.15) is 28.9 Å². The number of rotatable bonds is 5. The van der Waals surface area contributed by atoms with Crippen molar-refractivity contribution in [2.75, 3.05) is 19.5 Å². The average molecular weight is 285 g/mol. The van der Waals surface area contributed by atoms with Crippen LogP contribution < -0.4 is 10.1 Å². The summed E-state index contributed by atoms with van der Waals surface area (Å²) in [6.45, 7) is 2.03. The maximum Gasteiger partial charge on any atom is 0.339 e. The lowest BCUT2D eigenvalue weighted by atomic mass is 10.1. The Hall–Kier alpha value is -2.49. The fourth-order valence-electron chi connectivity index (χ4n) is 2.12. The van der Waals surface area contributed by atoms with Gasteiger partial charge in [0.15, 0.2) is 0 Å². The van der Waals surface area contributed by atoms with Crippen LogP contribution in [-0.4, -0.2) is 20.2 Å². The van der Waals surface area contributed by atoms with Crippen LogP contribution in [0.25, 0.3) is 0 Å². The molecule has 0 spiro atoms. The summed E-state index contributed by atoms with van der Waals surface area (Å²) >= 11 is 0. The number of hydrogen-bond acceptors (Lipinski definition) is 4. The molecule has 0 saturated heterocycles. The molecule has 2 aromatic rings. The Labute approximate surface area is 124 Å². The van der Waals surface area contributed by atoms with E-state index in [9.17, 15) is 4.79 Å². The smallest absolute Gasteiger partial charge is 0.339 e. The van der Waals surface area contributed by atoms with Gasteiger partial charge in [-0.3, -0.25) is 0 Å². The highest BCUT2D eigenvalue weighted by Crippen LogP contribution is 2.25. The van der Waals surface area contributed by atoms with E-state index in [2.05, 4.69) is 5.32 Å². The number of anilines is 1. The molecule has 21 heavy (non-hydrogen) atoms. The summed E-state index contributed by atoms with van der Waals surface area (Å²) in [5.41, 5.74) is 2.35. The highest BCUT2D eigenvalue weighted by molar-refractivity contribution is 5.95. The first-order valence-electron chi connectivity index (χ1n) is 6.73. The van der Waals surface area contributed by atoms with Gasteiger partial charge in [-0.15, -0.1) is 0 Å². The summed E-state index contributed by atoms with van der Waals surface area (Å²) in [7, 11) is 3.02. The van der Waals surface area contributed by atoms with Gasteiger partial charge in [-0.1, -0.05) is 24.3 Å². The third-order valence-electron chi connectivity index (χ3n) is 3.30. The van der Waals surface area contributed by atoms with Gasteiger partial charge in [-0.05, 0) is 36.8 Å². The van der Waals surface area contributed by atoms with Crippen LogP contribution >= 0.6 is 0 Å². The predicted octanol–water partition coefficient (Wildman–Crippen LogP) is 3.65. The van der Waals surface area contributed by atoms with Gasteiger partial charge in [-0.2, -0.15) is 0 Å². The third kappa shape index (κ3) is 3.54. The second-order valence-electron chi connectivity index (χ2n) is 4.68. The Bertz CT molecular complexity index is 625. The normalized spacial score (nSPS) is 11.6. The number of carbonyl (C=O) groups is 1. The van der Waals surface area contributed by atoms with E-state index in [0.717, 1.165) is 17.0 Å². The number of methoxy groups -OCH3 is 2. The molecule has 2 aromatic carbocycles. The van der Waals surface area contributed by atoms with Gasteiger partial charge >= 0.3 is 5.97 Å². The number of nitrogens with one attached hydrogen (secondary N) is 1. The summed E-state index contributed by atoms with van der Waals surface area (Å²) in [6, 6.07) is 15.2. The van der Waals surface area contributed by atoms with E-state index in [-0.39, 0.29) is 12.0 Å². The Balaban J connectivity index is 2.23. The van der Waals surface area contributed by atoms with Gasteiger partial charge in [0.05, 0.1) is 19.8 Å². The van der Waals surface area contributed by atoms with Crippen molar-refractivity contribution >= 4 is 11.7 Å². The molecule has 0 radical (unpaired) electrons. The van der Waals surface area contributed by atoms with Crippen molar-refractivity contribution in [3.63, 3.8) is 0 Å². The molecule has 110 valence electrons. The largest absolute Gasteiger partial charge is 0.497 e. The fraction of sp³-hybridized carbons (Fsp3) is 0.235. The summed E-state index contributed by atoms with van der Waals surface area (Å²) in [5.74, 6) is 0.457. The van der Waals surface area contributed by atoms with Gasteiger partial charge in [0.1, 0.15) is 5.75 Å². The van der Waals surface area contributed by atoms with Crippen molar-refractivity contribution in [2.24, 2.45) is 0 Å². The third-order valence-corrected chi connectivity index (χ3v) is 3.30. The highest BCUT2D eigenvalue weighted by Gasteiger charge is 2.13. The maximum atomic E-state index is 11.8. The van der Waals surface area contributed by atoms with Crippen LogP contribution in [-0.2, 0) is 4.74 Å². The first-order valence-corrected chi connectivity index (χ1v) is 6.73. The zero-order valence-electron chi connectivity index (χ0n) is 12.4. The Morgan fingerprint density at radius 2 is 1.86 bits per heavy atom. The first-order chi connectivity index (χ1) is 10.2. The monoisotopic (exact) mass is 285 g/mol. The van der Waals surface area contributed by atoms with Crippen LogP contribution in [0.5, 0.6) is 5.75 Å². The van der Waals surface area contributed by atoms with E-state index in [1.54, 1.807) is 13.2 Å². The molecular weight excluding hydrogens is 266 g/mol. The molecule has 0 aliphatic carbocycles. The zero-order chi connectivity index (χ0) is 15.2. The Morgan fingerprint density at radius 3 is 2.57 bits per heavy atom. The fourth-order valence-corrected chi connectivity index (χ4v) is 2.12. The summed E-state index contributed by atoms with van der Waals surface area (Å²) in [4.78, 5) is 11.8. The molecule has 4 heteroatoms. The lowest BCUT2D eigenvalue weighted by Gasteiger charge is -2.18. The Morgan fingerprint density at radius 1 is 1.10 bits per heavy atom. The average Bonchev–Trinajstić information content (AvgIpc) is 2.54. The number of hydrogen-bond donors (Lipinski definition) is 1. The molecule has 4 nitrogen and oxygen atoms in total. The van der Waals surface area contributed by atoms with Crippen molar-refractivity contribution in [1.29, 1.82) is 0 Å². The molecule has 0 amide bonds. The minimum absolute atomic E-state index is 0.0332. The molecule has 1 N–H and O–H groups in total. The number of esters is 1.